The Labute approximate surface area is 124 Å². The lowest BCUT2D eigenvalue weighted by Gasteiger charge is -2.32. The summed E-state index contributed by atoms with van der Waals surface area (Å²) in [5.74, 6) is -0.438. The molecule has 2 amide bonds. The molecular formula is C13H16BrFN2O3. The van der Waals surface area contributed by atoms with Gasteiger partial charge in [0.2, 0.25) is 0 Å². The molecule has 7 heteroatoms. The Morgan fingerprint density at radius 1 is 1.45 bits per heavy atom. The van der Waals surface area contributed by atoms with Crippen molar-refractivity contribution >= 4 is 27.6 Å². The fraction of sp³-hybridized carbons (Fsp3) is 0.462. The van der Waals surface area contributed by atoms with Crippen molar-refractivity contribution in [1.82, 2.24) is 5.32 Å². The Morgan fingerprint density at radius 2 is 2.15 bits per heavy atom. The van der Waals surface area contributed by atoms with E-state index in [0.717, 1.165) is 0 Å². The van der Waals surface area contributed by atoms with E-state index < -0.39 is 17.4 Å². The number of carbonyl (C=O) groups excluding carboxylic acids is 1. The van der Waals surface area contributed by atoms with E-state index in [2.05, 4.69) is 26.6 Å². The van der Waals surface area contributed by atoms with Gasteiger partial charge in [-0.1, -0.05) is 0 Å². The van der Waals surface area contributed by atoms with Crippen molar-refractivity contribution in [2.75, 3.05) is 25.1 Å². The molecule has 3 N–H and O–H groups in total. The molecule has 110 valence electrons. The maximum atomic E-state index is 13.1. The average Bonchev–Trinajstić information content (AvgIpc) is 2.42. The van der Waals surface area contributed by atoms with Crippen LogP contribution in [0.3, 0.4) is 0 Å². The van der Waals surface area contributed by atoms with Crippen molar-refractivity contribution in [3.63, 3.8) is 0 Å². The molecule has 1 fully saturated rings. The summed E-state index contributed by atoms with van der Waals surface area (Å²) in [7, 11) is 0. The number of nitrogens with one attached hydrogen (secondary N) is 2. The number of amides is 2. The molecule has 0 spiro atoms. The first-order valence-corrected chi connectivity index (χ1v) is 7.08. The summed E-state index contributed by atoms with van der Waals surface area (Å²) in [6.07, 6.45) is 0.966. The quantitative estimate of drug-likeness (QED) is 0.786. The van der Waals surface area contributed by atoms with Crippen molar-refractivity contribution in [1.29, 1.82) is 0 Å². The summed E-state index contributed by atoms with van der Waals surface area (Å²) in [6.45, 7) is 1.10. The molecule has 0 saturated carbocycles. The first kappa shape index (κ1) is 15.2. The minimum Gasteiger partial charge on any atom is -0.388 e. The molecule has 0 aliphatic carbocycles. The van der Waals surface area contributed by atoms with Gasteiger partial charge < -0.3 is 20.5 Å². The van der Waals surface area contributed by atoms with Crippen LogP contribution in [0.5, 0.6) is 0 Å². The Bertz CT molecular complexity index is 493. The highest BCUT2D eigenvalue weighted by molar-refractivity contribution is 9.10. The molecular weight excluding hydrogens is 331 g/mol. The predicted octanol–water partition coefficient (Wildman–Crippen LogP) is 2.25. The maximum absolute atomic E-state index is 13.1. The molecule has 0 atom stereocenters. The van der Waals surface area contributed by atoms with E-state index in [1.807, 2.05) is 0 Å². The third kappa shape index (κ3) is 4.16. The molecule has 0 bridgehead atoms. The number of anilines is 1. The second-order valence-electron chi connectivity index (χ2n) is 4.77. The number of hydrogen-bond donors (Lipinski definition) is 3. The highest BCUT2D eigenvalue weighted by atomic mass is 79.9. The van der Waals surface area contributed by atoms with E-state index in [4.69, 9.17) is 4.74 Å². The molecule has 1 heterocycles. The number of hydrogen-bond acceptors (Lipinski definition) is 3. The van der Waals surface area contributed by atoms with Crippen LogP contribution >= 0.6 is 15.9 Å². The van der Waals surface area contributed by atoms with Gasteiger partial charge in [-0.05, 0) is 34.1 Å². The van der Waals surface area contributed by atoms with Crippen LogP contribution in [-0.2, 0) is 4.74 Å². The van der Waals surface area contributed by atoms with Crippen molar-refractivity contribution in [2.45, 2.75) is 18.4 Å². The van der Waals surface area contributed by atoms with E-state index in [0.29, 0.717) is 36.2 Å². The number of aliphatic hydroxyl groups is 1. The SMILES string of the molecule is O=C(NCC1(O)CCOCC1)Nc1cc(F)ccc1Br. The summed E-state index contributed by atoms with van der Waals surface area (Å²) >= 11 is 3.22. The largest absolute Gasteiger partial charge is 0.388 e. The van der Waals surface area contributed by atoms with Gasteiger partial charge in [-0.25, -0.2) is 9.18 Å². The van der Waals surface area contributed by atoms with E-state index in [1.54, 1.807) is 0 Å². The van der Waals surface area contributed by atoms with Crippen molar-refractivity contribution < 1.29 is 19.0 Å². The number of ether oxygens (including phenoxy) is 1. The molecule has 1 aliphatic heterocycles. The van der Waals surface area contributed by atoms with Gasteiger partial charge in [-0.15, -0.1) is 0 Å². The highest BCUT2D eigenvalue weighted by Crippen LogP contribution is 2.23. The summed E-state index contributed by atoms with van der Waals surface area (Å²) in [4.78, 5) is 11.8. The maximum Gasteiger partial charge on any atom is 0.319 e. The van der Waals surface area contributed by atoms with Gasteiger partial charge in [0.15, 0.2) is 0 Å². The zero-order valence-corrected chi connectivity index (χ0v) is 12.4. The van der Waals surface area contributed by atoms with Gasteiger partial charge in [0.25, 0.3) is 0 Å². The lowest BCUT2D eigenvalue weighted by atomic mass is 9.94. The Balaban J connectivity index is 1.87. The second kappa shape index (κ2) is 6.51. The first-order chi connectivity index (χ1) is 9.48. The minimum absolute atomic E-state index is 0.134. The van der Waals surface area contributed by atoms with Crippen LogP contribution in [0.2, 0.25) is 0 Å². The zero-order chi connectivity index (χ0) is 14.6. The highest BCUT2D eigenvalue weighted by Gasteiger charge is 2.30. The molecule has 2 rings (SSSR count). The summed E-state index contributed by atoms with van der Waals surface area (Å²) in [5.41, 5.74) is -0.601. The fourth-order valence-corrected chi connectivity index (χ4v) is 2.28. The van der Waals surface area contributed by atoms with E-state index in [1.165, 1.54) is 18.2 Å². The Hall–Kier alpha value is -1.18. The number of urea groups is 1. The summed E-state index contributed by atoms with van der Waals surface area (Å²) < 4.78 is 18.8. The van der Waals surface area contributed by atoms with E-state index in [-0.39, 0.29) is 6.54 Å². The van der Waals surface area contributed by atoms with Crippen molar-refractivity contribution in [2.24, 2.45) is 0 Å². The van der Waals surface area contributed by atoms with Crippen LogP contribution < -0.4 is 10.6 Å². The fourth-order valence-electron chi connectivity index (χ4n) is 1.93. The van der Waals surface area contributed by atoms with Gasteiger partial charge in [0, 0.05) is 37.1 Å². The predicted molar refractivity (Wildman–Crippen MR) is 76.1 cm³/mol. The van der Waals surface area contributed by atoms with Crippen LogP contribution in [-0.4, -0.2) is 36.5 Å². The van der Waals surface area contributed by atoms with Crippen LogP contribution in [0.1, 0.15) is 12.8 Å². The first-order valence-electron chi connectivity index (χ1n) is 6.29. The van der Waals surface area contributed by atoms with Crippen LogP contribution in [0.25, 0.3) is 0 Å². The number of rotatable bonds is 3. The number of carbonyl (C=O) groups is 1. The van der Waals surface area contributed by atoms with Crippen LogP contribution in [0.4, 0.5) is 14.9 Å². The third-order valence-corrected chi connectivity index (χ3v) is 3.87. The summed E-state index contributed by atoms with van der Waals surface area (Å²) in [5, 5.41) is 15.3. The van der Waals surface area contributed by atoms with Gasteiger partial charge in [-0.2, -0.15) is 0 Å². The number of benzene rings is 1. The Morgan fingerprint density at radius 3 is 2.85 bits per heavy atom. The third-order valence-electron chi connectivity index (χ3n) is 3.18. The molecule has 5 nitrogen and oxygen atoms in total. The molecule has 1 aliphatic rings. The second-order valence-corrected chi connectivity index (χ2v) is 5.62. The van der Waals surface area contributed by atoms with Crippen LogP contribution in [0, 0.1) is 5.82 Å². The minimum atomic E-state index is -0.936. The average molecular weight is 347 g/mol. The lowest BCUT2D eigenvalue weighted by molar-refractivity contribution is -0.0598. The molecule has 0 radical (unpaired) electrons. The molecule has 20 heavy (non-hydrogen) atoms. The van der Waals surface area contributed by atoms with E-state index in [9.17, 15) is 14.3 Å². The molecule has 1 aromatic carbocycles. The normalized spacial score (nSPS) is 17.6. The smallest absolute Gasteiger partial charge is 0.319 e. The molecule has 0 aromatic heterocycles. The van der Waals surface area contributed by atoms with Gasteiger partial charge in [-0.3, -0.25) is 0 Å². The van der Waals surface area contributed by atoms with Gasteiger partial charge in [0.1, 0.15) is 5.82 Å². The summed E-state index contributed by atoms with van der Waals surface area (Å²) in [6, 6.07) is 3.53. The number of halogens is 2. The van der Waals surface area contributed by atoms with Crippen LogP contribution in [0.15, 0.2) is 22.7 Å². The zero-order valence-electron chi connectivity index (χ0n) is 10.8. The standard InChI is InChI=1S/C13H16BrFN2O3/c14-10-2-1-9(15)7-11(10)17-12(18)16-8-13(19)3-5-20-6-4-13/h1-2,7,19H,3-6,8H2,(H2,16,17,18). The lowest BCUT2D eigenvalue weighted by Crippen LogP contribution is -2.47. The molecule has 1 saturated heterocycles. The topological polar surface area (TPSA) is 70.6 Å². The van der Waals surface area contributed by atoms with Gasteiger partial charge in [0.05, 0.1) is 11.3 Å². The van der Waals surface area contributed by atoms with Gasteiger partial charge >= 0.3 is 6.03 Å². The monoisotopic (exact) mass is 346 g/mol. The molecule has 0 unspecified atom stereocenters. The van der Waals surface area contributed by atoms with Crippen molar-refractivity contribution in [3.8, 4) is 0 Å². The Kier molecular flexibility index (Phi) is 4.95. The van der Waals surface area contributed by atoms with E-state index >= 15 is 0 Å². The molecule has 1 aromatic rings. The van der Waals surface area contributed by atoms with Crippen molar-refractivity contribution in [3.05, 3.63) is 28.5 Å².